The summed E-state index contributed by atoms with van der Waals surface area (Å²) in [6.45, 7) is 3.18. The molecular weight excluding hydrogens is 224 g/mol. The number of hydrogen-bond acceptors (Lipinski definition) is 4. The molecule has 18 heavy (non-hydrogen) atoms. The first-order chi connectivity index (χ1) is 8.92. The second kappa shape index (κ2) is 6.69. The average molecular weight is 242 g/mol. The normalized spacial score (nSPS) is 10.3. The minimum absolute atomic E-state index is 0.663. The summed E-state index contributed by atoms with van der Waals surface area (Å²) < 4.78 is 0. The van der Waals surface area contributed by atoms with E-state index in [0.717, 1.165) is 17.8 Å². The minimum Gasteiger partial charge on any atom is -0.384 e. The third-order valence-electron chi connectivity index (χ3n) is 2.75. The Balaban J connectivity index is 2.11. The van der Waals surface area contributed by atoms with E-state index in [1.807, 2.05) is 18.2 Å². The van der Waals surface area contributed by atoms with Gasteiger partial charge < -0.3 is 5.32 Å². The Hall–Kier alpha value is -1.97. The van der Waals surface area contributed by atoms with E-state index in [9.17, 15) is 0 Å². The highest BCUT2D eigenvalue weighted by atomic mass is 15.1. The van der Waals surface area contributed by atoms with Crippen molar-refractivity contribution in [3.63, 3.8) is 0 Å². The van der Waals surface area contributed by atoms with E-state index < -0.39 is 0 Å². The fourth-order valence-corrected chi connectivity index (χ4v) is 1.80. The predicted octanol–water partition coefficient (Wildman–Crippen LogP) is 3.14. The molecule has 0 aliphatic carbocycles. The average Bonchev–Trinajstić information content (AvgIpc) is 2.45. The van der Waals surface area contributed by atoms with Crippen LogP contribution in [-0.4, -0.2) is 21.7 Å². The van der Waals surface area contributed by atoms with Crippen molar-refractivity contribution in [1.82, 2.24) is 15.2 Å². The monoisotopic (exact) mass is 242 g/mol. The quantitative estimate of drug-likeness (QED) is 0.791. The van der Waals surface area contributed by atoms with Gasteiger partial charge in [0.2, 0.25) is 0 Å². The van der Waals surface area contributed by atoms with Crippen LogP contribution in [0, 0.1) is 0 Å². The predicted molar refractivity (Wildman–Crippen MR) is 73.3 cm³/mol. The highest BCUT2D eigenvalue weighted by Crippen LogP contribution is 2.23. The Morgan fingerprint density at radius 1 is 1.11 bits per heavy atom. The Kier molecular flexibility index (Phi) is 4.64. The summed E-state index contributed by atoms with van der Waals surface area (Å²) in [7, 11) is 0. The number of para-hydroxylation sites is 1. The Bertz CT molecular complexity index is 470. The molecule has 0 saturated heterocycles. The molecule has 1 N–H and O–H groups in total. The molecule has 1 heterocycles. The van der Waals surface area contributed by atoms with Crippen molar-refractivity contribution in [3.8, 4) is 11.4 Å². The van der Waals surface area contributed by atoms with Crippen molar-refractivity contribution >= 4 is 5.69 Å². The van der Waals surface area contributed by atoms with Crippen LogP contribution in [0.4, 0.5) is 5.69 Å². The largest absolute Gasteiger partial charge is 0.384 e. The molecule has 0 aliphatic rings. The molecule has 0 aliphatic heterocycles. The Labute approximate surface area is 107 Å². The molecule has 2 aromatic rings. The zero-order valence-corrected chi connectivity index (χ0v) is 10.6. The highest BCUT2D eigenvalue weighted by molar-refractivity contribution is 5.72. The maximum atomic E-state index is 4.24. The molecule has 2 rings (SSSR count). The molecule has 0 atom stereocenters. The smallest absolute Gasteiger partial charge is 0.183 e. The molecule has 0 radical (unpaired) electrons. The Morgan fingerprint density at radius 3 is 2.78 bits per heavy atom. The van der Waals surface area contributed by atoms with Crippen LogP contribution in [0.2, 0.25) is 0 Å². The summed E-state index contributed by atoms with van der Waals surface area (Å²) in [5, 5.41) is 11.4. The first-order valence-electron chi connectivity index (χ1n) is 6.38. The van der Waals surface area contributed by atoms with Crippen molar-refractivity contribution in [2.24, 2.45) is 0 Å². The van der Waals surface area contributed by atoms with E-state index in [1.54, 1.807) is 12.4 Å². The molecule has 0 unspecified atom stereocenters. The number of aromatic nitrogens is 3. The standard InChI is InChI=1S/C14H18N4/c1-2-3-6-9-15-13-8-5-4-7-12(13)14-16-10-11-17-18-14/h4-5,7-8,10-11,15H,2-3,6,9H2,1H3. The van der Waals surface area contributed by atoms with Crippen LogP contribution in [-0.2, 0) is 0 Å². The van der Waals surface area contributed by atoms with Crippen LogP contribution >= 0.6 is 0 Å². The second-order valence-corrected chi connectivity index (χ2v) is 4.15. The van der Waals surface area contributed by atoms with E-state index in [2.05, 4.69) is 33.5 Å². The van der Waals surface area contributed by atoms with Crippen LogP contribution in [0.5, 0.6) is 0 Å². The number of hydrogen-bond donors (Lipinski definition) is 1. The topological polar surface area (TPSA) is 50.7 Å². The molecule has 0 spiro atoms. The van der Waals surface area contributed by atoms with Gasteiger partial charge in [-0.3, -0.25) is 0 Å². The fourth-order valence-electron chi connectivity index (χ4n) is 1.80. The van der Waals surface area contributed by atoms with Crippen molar-refractivity contribution < 1.29 is 0 Å². The van der Waals surface area contributed by atoms with Crippen LogP contribution in [0.1, 0.15) is 26.2 Å². The summed E-state index contributed by atoms with van der Waals surface area (Å²) in [6, 6.07) is 8.07. The number of rotatable bonds is 6. The minimum atomic E-state index is 0.663. The van der Waals surface area contributed by atoms with Crippen molar-refractivity contribution in [3.05, 3.63) is 36.7 Å². The number of nitrogens with one attached hydrogen (secondary N) is 1. The number of anilines is 1. The van der Waals surface area contributed by atoms with Crippen molar-refractivity contribution in [2.75, 3.05) is 11.9 Å². The first kappa shape index (κ1) is 12.5. The van der Waals surface area contributed by atoms with Gasteiger partial charge in [-0.05, 0) is 18.6 Å². The number of nitrogens with zero attached hydrogens (tertiary/aromatic N) is 3. The zero-order valence-electron chi connectivity index (χ0n) is 10.6. The molecule has 1 aromatic carbocycles. The van der Waals surface area contributed by atoms with Gasteiger partial charge >= 0.3 is 0 Å². The van der Waals surface area contributed by atoms with Gasteiger partial charge in [0.25, 0.3) is 0 Å². The molecule has 0 fully saturated rings. The summed E-state index contributed by atoms with van der Waals surface area (Å²) in [4.78, 5) is 4.24. The van der Waals surface area contributed by atoms with Crippen LogP contribution in [0.25, 0.3) is 11.4 Å². The molecule has 94 valence electrons. The van der Waals surface area contributed by atoms with Gasteiger partial charge in [0.15, 0.2) is 5.82 Å². The van der Waals surface area contributed by atoms with Gasteiger partial charge in [-0.1, -0.05) is 31.9 Å². The molecule has 4 nitrogen and oxygen atoms in total. The van der Waals surface area contributed by atoms with Gasteiger partial charge in [0.1, 0.15) is 0 Å². The van der Waals surface area contributed by atoms with Crippen molar-refractivity contribution in [2.45, 2.75) is 26.2 Å². The molecule has 1 aromatic heterocycles. The van der Waals surface area contributed by atoms with Gasteiger partial charge in [0, 0.05) is 24.0 Å². The van der Waals surface area contributed by atoms with Gasteiger partial charge in [-0.15, -0.1) is 5.10 Å². The maximum absolute atomic E-state index is 4.24. The zero-order chi connectivity index (χ0) is 12.6. The maximum Gasteiger partial charge on any atom is 0.183 e. The highest BCUT2D eigenvalue weighted by Gasteiger charge is 2.06. The third-order valence-corrected chi connectivity index (χ3v) is 2.75. The SMILES string of the molecule is CCCCCNc1ccccc1-c1nccnn1. The van der Waals surface area contributed by atoms with Gasteiger partial charge in [-0.25, -0.2) is 4.98 Å². The third kappa shape index (κ3) is 3.26. The molecule has 4 heteroatoms. The van der Waals surface area contributed by atoms with E-state index in [4.69, 9.17) is 0 Å². The van der Waals surface area contributed by atoms with E-state index in [1.165, 1.54) is 19.3 Å². The Morgan fingerprint density at radius 2 is 2.00 bits per heavy atom. The van der Waals surface area contributed by atoms with E-state index >= 15 is 0 Å². The first-order valence-corrected chi connectivity index (χ1v) is 6.38. The lowest BCUT2D eigenvalue weighted by molar-refractivity contribution is 0.744. The van der Waals surface area contributed by atoms with Gasteiger partial charge in [-0.2, -0.15) is 5.10 Å². The number of unbranched alkanes of at least 4 members (excludes halogenated alkanes) is 2. The van der Waals surface area contributed by atoms with Crippen LogP contribution in [0.3, 0.4) is 0 Å². The molecule has 0 bridgehead atoms. The van der Waals surface area contributed by atoms with Crippen LogP contribution in [0.15, 0.2) is 36.7 Å². The van der Waals surface area contributed by atoms with E-state index in [-0.39, 0.29) is 0 Å². The summed E-state index contributed by atoms with van der Waals surface area (Å²) in [6.07, 6.45) is 6.91. The molecular formula is C14H18N4. The van der Waals surface area contributed by atoms with Crippen LogP contribution < -0.4 is 5.32 Å². The van der Waals surface area contributed by atoms with Gasteiger partial charge in [0.05, 0.1) is 6.20 Å². The summed E-state index contributed by atoms with van der Waals surface area (Å²) in [5.74, 6) is 0.663. The lowest BCUT2D eigenvalue weighted by Crippen LogP contribution is -2.03. The lowest BCUT2D eigenvalue weighted by atomic mass is 10.1. The second-order valence-electron chi connectivity index (χ2n) is 4.15. The summed E-state index contributed by atoms with van der Waals surface area (Å²) in [5.41, 5.74) is 2.07. The molecule has 0 amide bonds. The number of benzene rings is 1. The summed E-state index contributed by atoms with van der Waals surface area (Å²) >= 11 is 0. The molecule has 0 saturated carbocycles. The van der Waals surface area contributed by atoms with E-state index in [0.29, 0.717) is 5.82 Å². The fraction of sp³-hybridized carbons (Fsp3) is 0.357. The lowest BCUT2D eigenvalue weighted by Gasteiger charge is -2.10. The van der Waals surface area contributed by atoms with Crippen molar-refractivity contribution in [1.29, 1.82) is 0 Å².